The summed E-state index contributed by atoms with van der Waals surface area (Å²) in [4.78, 5) is 14.0. The van der Waals surface area contributed by atoms with Crippen molar-refractivity contribution in [2.75, 3.05) is 18.0 Å². The van der Waals surface area contributed by atoms with Crippen LogP contribution >= 0.6 is 0 Å². The first-order chi connectivity index (χ1) is 13.3. The van der Waals surface area contributed by atoms with Crippen LogP contribution in [0.2, 0.25) is 12.1 Å². The highest BCUT2D eigenvalue weighted by Crippen LogP contribution is 2.37. The van der Waals surface area contributed by atoms with E-state index in [0.717, 1.165) is 11.0 Å². The van der Waals surface area contributed by atoms with Crippen molar-refractivity contribution in [3.63, 3.8) is 0 Å². The minimum atomic E-state index is -4.14. The number of benzene rings is 1. The number of amides is 2. The van der Waals surface area contributed by atoms with Gasteiger partial charge in [-0.05, 0) is 58.3 Å². The summed E-state index contributed by atoms with van der Waals surface area (Å²) in [5, 5.41) is 2.82. The molecule has 0 saturated carbocycles. The molecule has 2 fully saturated rings. The first kappa shape index (κ1) is 22.2. The number of hydrogen-bond donors (Lipinski definition) is 1. The number of aryl methyl sites for hydroxylation is 1. The van der Waals surface area contributed by atoms with Gasteiger partial charge in [-0.25, -0.2) is 4.79 Å². The van der Waals surface area contributed by atoms with Crippen molar-refractivity contribution in [3.05, 3.63) is 23.8 Å². The second kappa shape index (κ2) is 7.63. The first-order valence-electron chi connectivity index (χ1n) is 9.86. The van der Waals surface area contributed by atoms with Gasteiger partial charge < -0.3 is 19.5 Å². The summed E-state index contributed by atoms with van der Waals surface area (Å²) in [7, 11) is -2.54. The molecule has 3 rings (SSSR count). The van der Waals surface area contributed by atoms with Crippen molar-refractivity contribution in [3.8, 4) is 0 Å². The molecule has 0 spiro atoms. The van der Waals surface area contributed by atoms with Crippen molar-refractivity contribution in [1.29, 1.82) is 0 Å². The predicted octanol–water partition coefficient (Wildman–Crippen LogP) is 3.47. The lowest BCUT2D eigenvalue weighted by Gasteiger charge is -2.32. The summed E-state index contributed by atoms with van der Waals surface area (Å²) in [6.07, 6.45) is -3.89. The van der Waals surface area contributed by atoms with E-state index in [2.05, 4.69) is 5.32 Å². The van der Waals surface area contributed by atoms with Crippen molar-refractivity contribution >= 4 is 33.1 Å². The third kappa shape index (κ3) is 4.98. The Kier molecular flexibility index (Phi) is 5.83. The number of alkyl halides is 3. The van der Waals surface area contributed by atoms with E-state index in [0.29, 0.717) is 18.3 Å². The van der Waals surface area contributed by atoms with Crippen LogP contribution in [-0.2, 0) is 9.31 Å². The van der Waals surface area contributed by atoms with Gasteiger partial charge in [0.2, 0.25) is 0 Å². The number of rotatable bonds is 3. The van der Waals surface area contributed by atoms with Crippen LogP contribution in [0.25, 0.3) is 0 Å². The van der Waals surface area contributed by atoms with Crippen LogP contribution in [0.5, 0.6) is 0 Å². The van der Waals surface area contributed by atoms with Crippen molar-refractivity contribution in [1.82, 2.24) is 4.90 Å². The fourth-order valence-electron chi connectivity index (χ4n) is 3.66. The zero-order valence-corrected chi connectivity index (χ0v) is 18.7. The molecule has 0 aliphatic carbocycles. The maximum atomic E-state index is 12.6. The zero-order valence-electron chi connectivity index (χ0n) is 17.5. The Hall–Kier alpha value is -1.52. The lowest BCUT2D eigenvalue weighted by Crippen LogP contribution is -2.41. The van der Waals surface area contributed by atoms with Gasteiger partial charge in [-0.15, -0.1) is 0 Å². The molecule has 1 aromatic carbocycles. The maximum absolute atomic E-state index is 12.6. The Bertz CT molecular complexity index is 772. The Balaban J connectivity index is 1.67. The Morgan fingerprint density at radius 3 is 2.45 bits per heavy atom. The number of halogens is 3. The van der Waals surface area contributed by atoms with Crippen molar-refractivity contribution < 1.29 is 27.3 Å². The van der Waals surface area contributed by atoms with Gasteiger partial charge in [-0.3, -0.25) is 0 Å². The maximum Gasteiger partial charge on any atom is 0.495 e. The number of hydrogen-bond acceptors (Lipinski definition) is 3. The molecule has 2 saturated heterocycles. The van der Waals surface area contributed by atoms with Gasteiger partial charge >= 0.3 is 19.3 Å². The lowest BCUT2D eigenvalue weighted by molar-refractivity contribution is -0.110. The van der Waals surface area contributed by atoms with E-state index in [1.54, 1.807) is 6.07 Å². The summed E-state index contributed by atoms with van der Waals surface area (Å²) in [6.45, 7) is 10.2. The molecule has 1 N–H and O–H groups in total. The molecule has 29 heavy (non-hydrogen) atoms. The molecule has 0 bridgehead atoms. The smallest absolute Gasteiger partial charge is 0.399 e. The molecule has 0 aromatic heterocycles. The van der Waals surface area contributed by atoms with Crippen LogP contribution in [0, 0.1) is 6.92 Å². The minimum Gasteiger partial charge on any atom is -0.399 e. The van der Waals surface area contributed by atoms with Crippen molar-refractivity contribution in [2.45, 2.75) is 64.1 Å². The number of carbonyl (C=O) groups is 1. The van der Waals surface area contributed by atoms with Crippen LogP contribution in [0.3, 0.4) is 0 Å². The molecule has 2 heterocycles. The quantitative estimate of drug-likeness (QED) is 0.751. The zero-order chi connectivity index (χ0) is 21.6. The third-order valence-corrected chi connectivity index (χ3v) is 9.20. The average molecular weight is 428 g/mol. The molecule has 0 radical (unpaired) electrons. The van der Waals surface area contributed by atoms with E-state index < -0.39 is 39.3 Å². The van der Waals surface area contributed by atoms with E-state index in [-0.39, 0.29) is 12.2 Å². The highest BCUT2D eigenvalue weighted by Gasteiger charge is 2.52. The Labute approximate surface area is 171 Å². The van der Waals surface area contributed by atoms with E-state index in [1.807, 2.05) is 46.8 Å². The molecule has 0 unspecified atom stereocenters. The van der Waals surface area contributed by atoms with Gasteiger partial charge in [0, 0.05) is 24.4 Å². The van der Waals surface area contributed by atoms with Gasteiger partial charge in [0.25, 0.3) is 0 Å². The second-order valence-electron chi connectivity index (χ2n) is 9.01. The van der Waals surface area contributed by atoms with Crippen molar-refractivity contribution in [2.24, 2.45) is 0 Å². The highest BCUT2D eigenvalue weighted by molar-refractivity contribution is 6.62. The monoisotopic (exact) mass is 428 g/mol. The van der Waals surface area contributed by atoms with E-state index >= 15 is 0 Å². The minimum absolute atomic E-state index is 0.251. The van der Waals surface area contributed by atoms with Gasteiger partial charge in [-0.2, -0.15) is 13.2 Å². The summed E-state index contributed by atoms with van der Waals surface area (Å²) in [5.41, 5.74) is 1.42. The molecule has 5 nitrogen and oxygen atoms in total. The fraction of sp³-hybridized carbons (Fsp3) is 0.632. The number of carbonyl (C=O) groups excluding carboxylic acids is 1. The molecule has 2 aliphatic heterocycles. The summed E-state index contributed by atoms with van der Waals surface area (Å²) >= 11 is 0. The number of urea groups is 1. The largest absolute Gasteiger partial charge is 0.495 e. The predicted molar refractivity (Wildman–Crippen MR) is 110 cm³/mol. The van der Waals surface area contributed by atoms with Crippen LogP contribution < -0.4 is 10.8 Å². The van der Waals surface area contributed by atoms with Gasteiger partial charge in [0.05, 0.1) is 20.0 Å². The fourth-order valence-corrected chi connectivity index (χ4v) is 6.47. The topological polar surface area (TPSA) is 50.8 Å². The Morgan fingerprint density at radius 1 is 1.24 bits per heavy atom. The highest BCUT2D eigenvalue weighted by atomic mass is 28.3. The second-order valence-corrected chi connectivity index (χ2v) is 12.1. The molecule has 2 aliphatic rings. The average Bonchev–Trinajstić information content (AvgIpc) is 3.09. The van der Waals surface area contributed by atoms with Crippen LogP contribution in [0.1, 0.15) is 33.3 Å². The first-order valence-corrected chi connectivity index (χ1v) is 12.3. The standard InChI is InChI=1S/C19H28BF3N2O3Si/c1-13-6-7-14(10-15(13)20-27-17(2,3)18(4,5)28-20)24-16(26)25-8-9-29(12-25)11-19(21,22)23/h6-7,10,29H,8-9,11-12H2,1-5H3,(H,24,26)/t29-/m0/s1. The summed E-state index contributed by atoms with van der Waals surface area (Å²) < 4.78 is 50.1. The molecule has 1 atom stereocenters. The van der Waals surface area contributed by atoms with Crippen LogP contribution in [0.4, 0.5) is 23.7 Å². The Morgan fingerprint density at radius 2 is 1.86 bits per heavy atom. The molecular formula is C19H28BF3N2O3Si. The van der Waals surface area contributed by atoms with Crippen LogP contribution in [-0.4, -0.2) is 56.9 Å². The van der Waals surface area contributed by atoms with Gasteiger partial charge in [0.15, 0.2) is 0 Å². The van der Waals surface area contributed by atoms with E-state index in [1.165, 1.54) is 4.90 Å². The molecule has 1 aromatic rings. The SMILES string of the molecule is Cc1ccc(NC(=O)N2CC[Si@@H](CC(F)(F)F)C2)cc1B1OC(C)(C)C(C)(C)O1. The number of anilines is 1. The number of nitrogens with one attached hydrogen (secondary N) is 1. The molecule has 10 heteroatoms. The van der Waals surface area contributed by atoms with Gasteiger partial charge in [-0.1, -0.05) is 11.6 Å². The third-order valence-electron chi connectivity index (χ3n) is 6.13. The lowest BCUT2D eigenvalue weighted by atomic mass is 9.76. The van der Waals surface area contributed by atoms with Crippen LogP contribution in [0.15, 0.2) is 18.2 Å². The van der Waals surface area contributed by atoms with Gasteiger partial charge in [0.1, 0.15) is 0 Å². The molecule has 160 valence electrons. The number of nitrogens with zero attached hydrogens (tertiary/aromatic N) is 1. The summed E-state index contributed by atoms with van der Waals surface area (Å²) in [5.74, 6) is 0. The molecule has 2 amide bonds. The van der Waals surface area contributed by atoms with E-state index in [4.69, 9.17) is 9.31 Å². The molecular weight excluding hydrogens is 400 g/mol. The normalized spacial score (nSPS) is 23.5. The summed E-state index contributed by atoms with van der Waals surface area (Å²) in [6, 6.07) is 4.90. The van der Waals surface area contributed by atoms with E-state index in [9.17, 15) is 18.0 Å².